The van der Waals surface area contributed by atoms with E-state index in [0.717, 1.165) is 13.0 Å². The van der Waals surface area contributed by atoms with E-state index in [1.54, 1.807) is 19.1 Å². The van der Waals surface area contributed by atoms with Crippen molar-refractivity contribution in [1.82, 2.24) is 15.5 Å². The number of hydrogen-bond donors (Lipinski definition) is 2. The molecule has 0 bridgehead atoms. The molecule has 104 valence electrons. The van der Waals surface area contributed by atoms with E-state index in [1.165, 1.54) is 11.2 Å². The first kappa shape index (κ1) is 13.6. The van der Waals surface area contributed by atoms with Gasteiger partial charge in [-0.2, -0.15) is 0 Å². The van der Waals surface area contributed by atoms with Crippen LogP contribution in [0.5, 0.6) is 0 Å². The van der Waals surface area contributed by atoms with Crippen LogP contribution in [0.1, 0.15) is 26.0 Å². The summed E-state index contributed by atoms with van der Waals surface area (Å²) in [4.78, 5) is 25.5. The molecule has 1 aromatic rings. The third-order valence-corrected chi connectivity index (χ3v) is 3.23. The number of urea groups is 1. The summed E-state index contributed by atoms with van der Waals surface area (Å²) in [5, 5.41) is 5.86. The monoisotopic (exact) mass is 265 g/mol. The SMILES string of the molecule is CCCNCCN1C(=O)NC(C)(c2ccco2)C1=O. The van der Waals surface area contributed by atoms with Crippen LogP contribution in [0.2, 0.25) is 0 Å². The average Bonchev–Trinajstić information content (AvgIpc) is 2.97. The van der Waals surface area contributed by atoms with E-state index in [0.29, 0.717) is 18.8 Å². The lowest BCUT2D eigenvalue weighted by Gasteiger charge is -2.19. The van der Waals surface area contributed by atoms with Crippen molar-refractivity contribution in [3.05, 3.63) is 24.2 Å². The molecule has 0 spiro atoms. The fraction of sp³-hybridized carbons (Fsp3) is 0.538. The number of imide groups is 1. The van der Waals surface area contributed by atoms with E-state index in [9.17, 15) is 9.59 Å². The maximum Gasteiger partial charge on any atom is 0.325 e. The minimum atomic E-state index is -1.09. The van der Waals surface area contributed by atoms with Gasteiger partial charge in [-0.1, -0.05) is 6.92 Å². The Balaban J connectivity index is 2.04. The molecule has 1 unspecified atom stereocenters. The van der Waals surface area contributed by atoms with Gasteiger partial charge in [0.15, 0.2) is 5.54 Å². The number of rotatable bonds is 6. The van der Waals surface area contributed by atoms with E-state index in [4.69, 9.17) is 4.42 Å². The van der Waals surface area contributed by atoms with Crippen molar-refractivity contribution in [2.24, 2.45) is 0 Å². The van der Waals surface area contributed by atoms with E-state index >= 15 is 0 Å². The minimum absolute atomic E-state index is 0.272. The molecule has 2 heterocycles. The van der Waals surface area contributed by atoms with Gasteiger partial charge in [0.05, 0.1) is 6.26 Å². The fourth-order valence-corrected chi connectivity index (χ4v) is 2.12. The van der Waals surface area contributed by atoms with E-state index < -0.39 is 5.54 Å². The van der Waals surface area contributed by atoms with Crippen LogP contribution in [0.15, 0.2) is 22.8 Å². The van der Waals surface area contributed by atoms with Gasteiger partial charge in [-0.25, -0.2) is 4.79 Å². The van der Waals surface area contributed by atoms with Crippen LogP contribution in [0, 0.1) is 0 Å². The van der Waals surface area contributed by atoms with E-state index in [-0.39, 0.29) is 11.9 Å². The Bertz CT molecular complexity index is 458. The van der Waals surface area contributed by atoms with Gasteiger partial charge in [0.1, 0.15) is 5.76 Å². The van der Waals surface area contributed by atoms with Crippen LogP contribution in [0.25, 0.3) is 0 Å². The van der Waals surface area contributed by atoms with Crippen molar-refractivity contribution in [1.29, 1.82) is 0 Å². The standard InChI is InChI=1S/C13H19N3O3/c1-3-6-14-7-8-16-11(17)13(2,15-12(16)18)10-5-4-9-19-10/h4-5,9,14H,3,6-8H2,1-2H3,(H,15,18). The maximum atomic E-state index is 12.4. The molecule has 0 saturated carbocycles. The second kappa shape index (κ2) is 5.44. The third-order valence-electron chi connectivity index (χ3n) is 3.23. The second-order valence-electron chi connectivity index (χ2n) is 4.74. The molecule has 1 saturated heterocycles. The van der Waals surface area contributed by atoms with Crippen molar-refractivity contribution in [3.8, 4) is 0 Å². The highest BCUT2D eigenvalue weighted by molar-refractivity contribution is 6.06. The van der Waals surface area contributed by atoms with Gasteiger partial charge in [0.25, 0.3) is 5.91 Å². The first-order chi connectivity index (χ1) is 9.09. The van der Waals surface area contributed by atoms with Crippen LogP contribution in [-0.2, 0) is 10.3 Å². The Morgan fingerprint density at radius 3 is 2.84 bits per heavy atom. The molecule has 2 N–H and O–H groups in total. The highest BCUT2D eigenvalue weighted by Crippen LogP contribution is 2.28. The number of carbonyl (C=O) groups is 2. The summed E-state index contributed by atoms with van der Waals surface area (Å²) >= 11 is 0. The lowest BCUT2D eigenvalue weighted by atomic mass is 9.99. The smallest absolute Gasteiger partial charge is 0.325 e. The molecule has 0 radical (unpaired) electrons. The molecule has 3 amide bonds. The normalized spacial score (nSPS) is 22.9. The summed E-state index contributed by atoms with van der Waals surface area (Å²) in [5.41, 5.74) is -1.09. The number of carbonyl (C=O) groups excluding carboxylic acids is 2. The topological polar surface area (TPSA) is 74.6 Å². The molecule has 0 aliphatic carbocycles. The van der Waals surface area contributed by atoms with Crippen molar-refractivity contribution in [2.75, 3.05) is 19.6 Å². The predicted octanol–water partition coefficient (Wildman–Crippen LogP) is 1.05. The first-order valence-corrected chi connectivity index (χ1v) is 6.48. The summed E-state index contributed by atoms with van der Waals surface area (Å²) in [6.07, 6.45) is 2.51. The Labute approximate surface area is 112 Å². The van der Waals surface area contributed by atoms with Crippen LogP contribution >= 0.6 is 0 Å². The fourth-order valence-electron chi connectivity index (χ4n) is 2.12. The zero-order valence-electron chi connectivity index (χ0n) is 11.2. The zero-order valence-corrected chi connectivity index (χ0v) is 11.2. The first-order valence-electron chi connectivity index (χ1n) is 6.48. The van der Waals surface area contributed by atoms with Gasteiger partial charge in [-0.05, 0) is 32.0 Å². The van der Waals surface area contributed by atoms with Crippen molar-refractivity contribution >= 4 is 11.9 Å². The predicted molar refractivity (Wildman–Crippen MR) is 69.5 cm³/mol. The molecule has 1 aromatic heterocycles. The van der Waals surface area contributed by atoms with Gasteiger partial charge in [-0.15, -0.1) is 0 Å². The average molecular weight is 265 g/mol. The van der Waals surface area contributed by atoms with Crippen molar-refractivity contribution < 1.29 is 14.0 Å². The van der Waals surface area contributed by atoms with Crippen molar-refractivity contribution in [3.63, 3.8) is 0 Å². The molecule has 1 aliphatic heterocycles. The number of nitrogens with one attached hydrogen (secondary N) is 2. The molecule has 1 atom stereocenters. The number of amides is 3. The van der Waals surface area contributed by atoms with Gasteiger partial charge < -0.3 is 15.1 Å². The van der Waals surface area contributed by atoms with Crippen LogP contribution in [0.3, 0.4) is 0 Å². The molecule has 1 aliphatic rings. The molecule has 19 heavy (non-hydrogen) atoms. The largest absolute Gasteiger partial charge is 0.466 e. The lowest BCUT2D eigenvalue weighted by molar-refractivity contribution is -0.131. The minimum Gasteiger partial charge on any atom is -0.466 e. The highest BCUT2D eigenvalue weighted by Gasteiger charge is 2.50. The van der Waals surface area contributed by atoms with Crippen LogP contribution in [-0.4, -0.2) is 36.5 Å². The molecule has 1 fully saturated rings. The van der Waals surface area contributed by atoms with Gasteiger partial charge in [-0.3, -0.25) is 9.69 Å². The van der Waals surface area contributed by atoms with Gasteiger partial charge in [0, 0.05) is 13.1 Å². The molecular formula is C13H19N3O3. The summed E-state index contributed by atoms with van der Waals surface area (Å²) in [5.74, 6) is 0.181. The summed E-state index contributed by atoms with van der Waals surface area (Å²) in [6, 6.07) is 3.02. The number of hydrogen-bond acceptors (Lipinski definition) is 4. The Hall–Kier alpha value is -1.82. The van der Waals surface area contributed by atoms with Gasteiger partial charge in [0.2, 0.25) is 0 Å². The third kappa shape index (κ3) is 2.49. The Morgan fingerprint density at radius 2 is 2.21 bits per heavy atom. The Kier molecular flexibility index (Phi) is 3.90. The maximum absolute atomic E-state index is 12.4. The molecule has 0 aromatic carbocycles. The Morgan fingerprint density at radius 1 is 1.42 bits per heavy atom. The summed E-state index contributed by atoms with van der Waals surface area (Å²) in [6.45, 7) is 5.56. The molecule has 6 heteroatoms. The van der Waals surface area contributed by atoms with Crippen LogP contribution < -0.4 is 10.6 Å². The molecule has 2 rings (SSSR count). The van der Waals surface area contributed by atoms with Crippen molar-refractivity contribution in [2.45, 2.75) is 25.8 Å². The van der Waals surface area contributed by atoms with Crippen LogP contribution in [0.4, 0.5) is 4.79 Å². The lowest BCUT2D eigenvalue weighted by Crippen LogP contribution is -2.41. The molecular weight excluding hydrogens is 246 g/mol. The summed E-state index contributed by atoms with van der Waals surface area (Å²) < 4.78 is 5.25. The number of furan rings is 1. The molecule has 6 nitrogen and oxygen atoms in total. The van der Waals surface area contributed by atoms with E-state index in [1.807, 2.05) is 0 Å². The van der Waals surface area contributed by atoms with Gasteiger partial charge >= 0.3 is 6.03 Å². The second-order valence-corrected chi connectivity index (χ2v) is 4.74. The van der Waals surface area contributed by atoms with E-state index in [2.05, 4.69) is 17.6 Å². The quantitative estimate of drug-likeness (QED) is 0.595. The summed E-state index contributed by atoms with van der Waals surface area (Å²) in [7, 11) is 0. The number of nitrogens with zero attached hydrogens (tertiary/aromatic N) is 1. The zero-order chi connectivity index (χ0) is 13.9. The highest BCUT2D eigenvalue weighted by atomic mass is 16.3.